The zero-order valence-corrected chi connectivity index (χ0v) is 22.6. The van der Waals surface area contributed by atoms with Crippen molar-refractivity contribution in [3.8, 4) is 5.75 Å². The van der Waals surface area contributed by atoms with Gasteiger partial charge < -0.3 is 41.7 Å². The largest absolute Gasteiger partial charge is 0.524 e. The molecular weight excluding hydrogens is 569 g/mol. The summed E-state index contributed by atoms with van der Waals surface area (Å²) in [6.45, 7) is 0.147. The molecule has 1 aromatic carbocycles. The van der Waals surface area contributed by atoms with Gasteiger partial charge in [0.1, 0.15) is 23.9 Å². The van der Waals surface area contributed by atoms with Gasteiger partial charge in [-0.05, 0) is 37.0 Å². The van der Waals surface area contributed by atoms with Crippen molar-refractivity contribution < 1.29 is 57.9 Å². The maximum atomic E-state index is 13.1. The zero-order valence-electron chi connectivity index (χ0n) is 21.7. The third-order valence-electron chi connectivity index (χ3n) is 6.06. The van der Waals surface area contributed by atoms with Gasteiger partial charge in [0.2, 0.25) is 23.6 Å². The van der Waals surface area contributed by atoms with Gasteiger partial charge in [0.05, 0.1) is 12.5 Å². The number of likely N-dealkylation sites (tertiary alicyclic amines) is 1. The van der Waals surface area contributed by atoms with Crippen molar-refractivity contribution in [3.63, 3.8) is 0 Å². The molecule has 0 aromatic heterocycles. The van der Waals surface area contributed by atoms with Crippen LogP contribution in [-0.2, 0) is 39.8 Å². The highest BCUT2D eigenvalue weighted by atomic mass is 31.2. The number of carbonyl (C=O) groups is 6. The minimum Gasteiger partial charge on any atom is -0.481 e. The quantitative estimate of drug-likeness (QED) is 0.0993. The first-order valence-electron chi connectivity index (χ1n) is 12.3. The van der Waals surface area contributed by atoms with Gasteiger partial charge in [-0.15, -0.1) is 0 Å². The topological polar surface area (TPSA) is 289 Å². The van der Waals surface area contributed by atoms with Crippen LogP contribution < -0.4 is 26.6 Å². The van der Waals surface area contributed by atoms with Crippen molar-refractivity contribution in [1.29, 1.82) is 0 Å². The van der Waals surface area contributed by atoms with E-state index in [2.05, 4.69) is 15.2 Å². The van der Waals surface area contributed by atoms with E-state index >= 15 is 0 Å². The molecule has 41 heavy (non-hydrogen) atoms. The Balaban J connectivity index is 2.14. The van der Waals surface area contributed by atoms with E-state index in [0.717, 1.165) is 4.90 Å². The lowest BCUT2D eigenvalue weighted by atomic mass is 10.0. The standard InChI is InChI=1S/C23H32N5O12P/c24-14(11-18(25)29)22(34)28-9-1-2-17(28)21(33)26-15(7-8-19(30)31)20(32)27-16(23(35)36)10-12-3-5-13(6-4-12)40-41(37,38)39/h3-6,14-17H,1-2,7-11,24H2,(H2,25,29)(H,26,33)(H,27,32)(H,30,31)(H,35,36)(H2,37,38,39)/t14-,15-,16-,17+/m0/s1. The Kier molecular flexibility index (Phi) is 11.8. The molecule has 1 aliphatic rings. The number of carboxylic acid groups (broad SMARTS) is 2. The van der Waals surface area contributed by atoms with Crippen LogP contribution in [0.4, 0.5) is 0 Å². The molecule has 0 bridgehead atoms. The molecule has 0 radical (unpaired) electrons. The first-order chi connectivity index (χ1) is 19.1. The van der Waals surface area contributed by atoms with E-state index in [1.807, 2.05) is 0 Å². The van der Waals surface area contributed by atoms with Crippen molar-refractivity contribution in [2.24, 2.45) is 11.5 Å². The summed E-state index contributed by atoms with van der Waals surface area (Å²) in [5, 5.41) is 23.4. The summed E-state index contributed by atoms with van der Waals surface area (Å²) in [7, 11) is -4.80. The molecule has 1 fully saturated rings. The molecule has 1 aliphatic heterocycles. The predicted octanol–water partition coefficient (Wildman–Crippen LogP) is -2.19. The molecule has 1 saturated heterocycles. The van der Waals surface area contributed by atoms with Gasteiger partial charge in [0.25, 0.3) is 0 Å². The highest BCUT2D eigenvalue weighted by Gasteiger charge is 2.38. The van der Waals surface area contributed by atoms with Crippen molar-refractivity contribution in [1.82, 2.24) is 15.5 Å². The van der Waals surface area contributed by atoms with Gasteiger partial charge >= 0.3 is 19.8 Å². The van der Waals surface area contributed by atoms with Crippen LogP contribution in [0.5, 0.6) is 5.75 Å². The number of hydrogen-bond acceptors (Lipinski definition) is 9. The lowest BCUT2D eigenvalue weighted by molar-refractivity contribution is -0.143. The molecular formula is C23H32N5O12P. The van der Waals surface area contributed by atoms with E-state index in [-0.39, 0.29) is 25.1 Å². The number of rotatable bonds is 15. The van der Waals surface area contributed by atoms with Crippen LogP contribution in [0, 0.1) is 0 Å². The third-order valence-corrected chi connectivity index (χ3v) is 6.51. The molecule has 1 heterocycles. The SMILES string of the molecule is NC(=O)C[C@H](N)C(=O)N1CCC[C@@H]1C(=O)N[C@@H](CCC(=O)O)C(=O)N[C@@H](Cc1ccc(OP(=O)(O)O)cc1)C(=O)O. The number of carbonyl (C=O) groups excluding carboxylic acids is 4. The average Bonchev–Trinajstić information content (AvgIpc) is 3.35. The number of phosphoric ester groups is 1. The summed E-state index contributed by atoms with van der Waals surface area (Å²) in [6, 6.07) is -0.319. The van der Waals surface area contributed by atoms with Gasteiger partial charge in [-0.25, -0.2) is 9.36 Å². The molecule has 0 spiro atoms. The second-order valence-corrected chi connectivity index (χ2v) is 10.5. The van der Waals surface area contributed by atoms with Crippen LogP contribution in [0.25, 0.3) is 0 Å². The fourth-order valence-corrected chi connectivity index (χ4v) is 4.55. The summed E-state index contributed by atoms with van der Waals surface area (Å²) < 4.78 is 15.4. The van der Waals surface area contributed by atoms with E-state index in [9.17, 15) is 38.4 Å². The maximum Gasteiger partial charge on any atom is 0.524 e. The molecule has 226 valence electrons. The van der Waals surface area contributed by atoms with Crippen molar-refractivity contribution >= 4 is 43.4 Å². The predicted molar refractivity (Wildman–Crippen MR) is 138 cm³/mol. The Hall–Kier alpha value is -4.05. The second kappa shape index (κ2) is 14.5. The number of primary amides is 1. The molecule has 17 nitrogen and oxygen atoms in total. The lowest BCUT2D eigenvalue weighted by Crippen LogP contribution is -2.57. The van der Waals surface area contributed by atoms with Crippen LogP contribution in [0.2, 0.25) is 0 Å². The van der Waals surface area contributed by atoms with Gasteiger partial charge in [0.15, 0.2) is 0 Å². The van der Waals surface area contributed by atoms with Crippen LogP contribution in [0.3, 0.4) is 0 Å². The molecule has 10 N–H and O–H groups in total. The number of benzene rings is 1. The fraction of sp³-hybridized carbons (Fsp3) is 0.478. The van der Waals surface area contributed by atoms with Gasteiger partial charge in [-0.3, -0.25) is 33.8 Å². The van der Waals surface area contributed by atoms with Crippen LogP contribution >= 0.6 is 7.82 Å². The molecule has 0 saturated carbocycles. The Morgan fingerprint density at radius 2 is 1.68 bits per heavy atom. The fourth-order valence-electron chi connectivity index (χ4n) is 4.16. The molecule has 0 unspecified atom stereocenters. The number of carboxylic acids is 2. The second-order valence-electron chi connectivity index (χ2n) is 9.29. The molecule has 4 atom stereocenters. The lowest BCUT2D eigenvalue weighted by Gasteiger charge is -2.28. The van der Waals surface area contributed by atoms with E-state index in [4.69, 9.17) is 26.4 Å². The van der Waals surface area contributed by atoms with E-state index < -0.39 is 86.8 Å². The molecule has 18 heteroatoms. The minimum atomic E-state index is -4.80. The number of nitrogens with zero attached hydrogens (tertiary/aromatic N) is 1. The summed E-state index contributed by atoms with van der Waals surface area (Å²) in [4.78, 5) is 91.8. The summed E-state index contributed by atoms with van der Waals surface area (Å²) in [5.74, 6) is -6.20. The first kappa shape index (κ1) is 33.2. The highest BCUT2D eigenvalue weighted by Crippen LogP contribution is 2.37. The Bertz CT molecular complexity index is 1200. The summed E-state index contributed by atoms with van der Waals surface area (Å²) in [6.07, 6.45) is -1.04. The number of hydrogen-bond donors (Lipinski definition) is 8. The zero-order chi connectivity index (χ0) is 30.9. The van der Waals surface area contributed by atoms with Gasteiger partial charge in [-0.2, -0.15) is 0 Å². The first-order valence-corrected chi connectivity index (χ1v) is 13.8. The van der Waals surface area contributed by atoms with Crippen LogP contribution in [0.15, 0.2) is 24.3 Å². The Morgan fingerprint density at radius 3 is 2.22 bits per heavy atom. The van der Waals surface area contributed by atoms with Crippen LogP contribution in [-0.4, -0.2) is 91.2 Å². The molecule has 1 aromatic rings. The van der Waals surface area contributed by atoms with Gasteiger partial charge in [0, 0.05) is 19.4 Å². The number of phosphoric acid groups is 1. The Morgan fingerprint density at radius 1 is 1.05 bits per heavy atom. The van der Waals surface area contributed by atoms with E-state index in [1.165, 1.54) is 24.3 Å². The smallest absolute Gasteiger partial charge is 0.481 e. The number of aliphatic carboxylic acids is 2. The maximum absolute atomic E-state index is 13.1. The summed E-state index contributed by atoms with van der Waals surface area (Å²) in [5.41, 5.74) is 11.1. The monoisotopic (exact) mass is 601 g/mol. The molecule has 0 aliphatic carbocycles. The molecule has 2 rings (SSSR count). The average molecular weight is 602 g/mol. The van der Waals surface area contributed by atoms with Crippen molar-refractivity contribution in [2.75, 3.05) is 6.54 Å². The van der Waals surface area contributed by atoms with Gasteiger partial charge in [-0.1, -0.05) is 12.1 Å². The summed E-state index contributed by atoms with van der Waals surface area (Å²) >= 11 is 0. The van der Waals surface area contributed by atoms with Crippen LogP contribution in [0.1, 0.15) is 37.7 Å². The minimum absolute atomic E-state index is 0.147. The van der Waals surface area contributed by atoms with Crippen molar-refractivity contribution in [2.45, 2.75) is 62.7 Å². The number of nitrogens with two attached hydrogens (primary N) is 2. The normalized spacial score (nSPS) is 17.1. The third kappa shape index (κ3) is 10.8. The molecule has 4 amide bonds. The number of amides is 4. The van der Waals surface area contributed by atoms with Crippen molar-refractivity contribution in [3.05, 3.63) is 29.8 Å². The highest BCUT2D eigenvalue weighted by molar-refractivity contribution is 7.46. The Labute approximate surface area is 233 Å². The number of nitrogens with one attached hydrogen (secondary N) is 2. The van der Waals surface area contributed by atoms with E-state index in [0.29, 0.717) is 12.0 Å². The van der Waals surface area contributed by atoms with E-state index in [1.54, 1.807) is 0 Å².